The molecule has 1 saturated carbocycles. The quantitative estimate of drug-likeness (QED) is 0.123. The SMILES string of the molecule is N/C(=N/[N+](=O)[O-])NCCC[C@@H](N)C(=O)NCC1CCC(O)CC1. The normalized spacial score (nSPS) is 23.1. The Morgan fingerprint density at radius 1 is 1.35 bits per heavy atom. The fourth-order valence-electron chi connectivity index (χ4n) is 2.52. The molecule has 1 atom stereocenters. The van der Waals surface area contributed by atoms with Gasteiger partial charge in [-0.2, -0.15) is 0 Å². The molecule has 1 rings (SSSR count). The summed E-state index contributed by atoms with van der Waals surface area (Å²) in [6, 6.07) is -0.625. The largest absolute Gasteiger partial charge is 0.393 e. The van der Waals surface area contributed by atoms with Crippen molar-refractivity contribution >= 4 is 11.9 Å². The van der Waals surface area contributed by atoms with Crippen molar-refractivity contribution in [1.29, 1.82) is 0 Å². The molecule has 0 heterocycles. The van der Waals surface area contributed by atoms with E-state index in [2.05, 4.69) is 15.7 Å². The maximum atomic E-state index is 11.9. The lowest BCUT2D eigenvalue weighted by Gasteiger charge is -2.25. The molecule has 0 aliphatic heterocycles. The molecule has 1 fully saturated rings. The second-order valence-electron chi connectivity index (χ2n) is 5.82. The first-order valence-corrected chi connectivity index (χ1v) is 7.82. The van der Waals surface area contributed by atoms with E-state index in [1.165, 1.54) is 0 Å². The molecule has 23 heavy (non-hydrogen) atoms. The van der Waals surface area contributed by atoms with E-state index < -0.39 is 11.1 Å². The number of carbonyl (C=O) groups excluding carboxylic acids is 1. The zero-order valence-corrected chi connectivity index (χ0v) is 13.1. The van der Waals surface area contributed by atoms with Crippen molar-refractivity contribution < 1.29 is 14.9 Å². The van der Waals surface area contributed by atoms with Crippen LogP contribution in [0.5, 0.6) is 0 Å². The predicted molar refractivity (Wildman–Crippen MR) is 84.8 cm³/mol. The molecule has 0 aromatic carbocycles. The fourth-order valence-corrected chi connectivity index (χ4v) is 2.52. The van der Waals surface area contributed by atoms with Crippen LogP contribution >= 0.6 is 0 Å². The third-order valence-corrected chi connectivity index (χ3v) is 3.91. The molecular weight excluding hydrogens is 304 g/mol. The molecule has 10 heteroatoms. The van der Waals surface area contributed by atoms with Crippen LogP contribution in [0.25, 0.3) is 0 Å². The summed E-state index contributed by atoms with van der Waals surface area (Å²) in [7, 11) is 0. The summed E-state index contributed by atoms with van der Waals surface area (Å²) in [5.74, 6) is -0.0788. The number of hydrogen-bond donors (Lipinski definition) is 5. The van der Waals surface area contributed by atoms with E-state index in [1.54, 1.807) is 0 Å². The number of nitrogens with two attached hydrogens (primary N) is 2. The van der Waals surface area contributed by atoms with Crippen LogP contribution in [0.2, 0.25) is 0 Å². The van der Waals surface area contributed by atoms with E-state index in [0.29, 0.717) is 31.8 Å². The highest BCUT2D eigenvalue weighted by Crippen LogP contribution is 2.23. The fraction of sp³-hybridized carbons (Fsp3) is 0.846. The number of hydrazone groups is 1. The summed E-state index contributed by atoms with van der Waals surface area (Å²) >= 11 is 0. The first kappa shape index (κ1) is 19.1. The summed E-state index contributed by atoms with van der Waals surface area (Å²) in [6.07, 6.45) is 4.16. The summed E-state index contributed by atoms with van der Waals surface area (Å²) < 4.78 is 0. The lowest BCUT2D eigenvalue weighted by Crippen LogP contribution is -2.43. The zero-order valence-electron chi connectivity index (χ0n) is 13.1. The van der Waals surface area contributed by atoms with Gasteiger partial charge in [-0.05, 0) is 44.4 Å². The van der Waals surface area contributed by atoms with E-state index in [0.717, 1.165) is 25.7 Å². The summed E-state index contributed by atoms with van der Waals surface area (Å²) in [4.78, 5) is 22.0. The molecule has 1 amide bonds. The highest BCUT2D eigenvalue weighted by molar-refractivity contribution is 5.81. The number of aliphatic hydroxyl groups is 1. The van der Waals surface area contributed by atoms with Crippen molar-refractivity contribution in [3.63, 3.8) is 0 Å². The Kier molecular flexibility index (Phi) is 8.27. The first-order chi connectivity index (χ1) is 10.9. The van der Waals surface area contributed by atoms with E-state index in [9.17, 15) is 20.0 Å². The molecule has 0 radical (unpaired) electrons. The van der Waals surface area contributed by atoms with Crippen LogP contribution in [0, 0.1) is 16.0 Å². The van der Waals surface area contributed by atoms with Gasteiger partial charge in [0.15, 0.2) is 5.03 Å². The van der Waals surface area contributed by atoms with Crippen molar-refractivity contribution in [2.24, 2.45) is 22.5 Å². The van der Waals surface area contributed by atoms with Gasteiger partial charge in [0.1, 0.15) is 5.10 Å². The van der Waals surface area contributed by atoms with E-state index in [-0.39, 0.29) is 18.0 Å². The molecule has 0 spiro atoms. The minimum Gasteiger partial charge on any atom is -0.393 e. The highest BCUT2D eigenvalue weighted by atomic mass is 16.7. The molecule has 0 saturated heterocycles. The number of guanidine groups is 1. The molecule has 0 bridgehead atoms. The minimum absolute atomic E-state index is 0.206. The van der Waals surface area contributed by atoms with Crippen LogP contribution < -0.4 is 22.1 Å². The molecular formula is C13H26N6O4. The molecule has 0 unspecified atom stereocenters. The van der Waals surface area contributed by atoms with Crippen molar-refractivity contribution in [2.45, 2.75) is 50.7 Å². The van der Waals surface area contributed by atoms with Gasteiger partial charge in [0.05, 0.1) is 12.1 Å². The number of aliphatic hydroxyl groups excluding tert-OH is 1. The van der Waals surface area contributed by atoms with Crippen molar-refractivity contribution in [2.75, 3.05) is 13.1 Å². The van der Waals surface area contributed by atoms with Gasteiger partial charge in [0.25, 0.3) is 5.96 Å². The molecule has 0 aromatic rings. The van der Waals surface area contributed by atoms with Crippen LogP contribution in [0.1, 0.15) is 38.5 Å². The monoisotopic (exact) mass is 330 g/mol. The molecule has 10 nitrogen and oxygen atoms in total. The Bertz CT molecular complexity index is 423. The summed E-state index contributed by atoms with van der Waals surface area (Å²) in [6.45, 7) is 0.935. The van der Waals surface area contributed by atoms with Crippen LogP contribution in [-0.2, 0) is 4.79 Å². The molecule has 1 aliphatic rings. The summed E-state index contributed by atoms with van der Waals surface area (Å²) in [5.41, 5.74) is 11.1. The maximum absolute atomic E-state index is 11.9. The van der Waals surface area contributed by atoms with Crippen molar-refractivity contribution in [3.8, 4) is 0 Å². The number of nitrogens with zero attached hydrogens (tertiary/aromatic N) is 2. The van der Waals surface area contributed by atoms with Gasteiger partial charge in [-0.3, -0.25) is 4.79 Å². The Balaban J connectivity index is 2.13. The van der Waals surface area contributed by atoms with E-state index in [1.807, 2.05) is 0 Å². The Labute approximate surface area is 134 Å². The Hall–Kier alpha value is -1.94. The molecule has 7 N–H and O–H groups in total. The predicted octanol–water partition coefficient (Wildman–Crippen LogP) is -1.14. The maximum Gasteiger partial charge on any atom is 0.266 e. The third-order valence-electron chi connectivity index (χ3n) is 3.91. The van der Waals surface area contributed by atoms with Gasteiger partial charge in [-0.15, -0.1) is 0 Å². The average Bonchev–Trinajstić information content (AvgIpc) is 2.49. The Morgan fingerprint density at radius 2 is 2.00 bits per heavy atom. The summed E-state index contributed by atoms with van der Waals surface area (Å²) in [5, 5.41) is 26.9. The van der Waals surface area contributed by atoms with Gasteiger partial charge in [-0.1, -0.05) is 0 Å². The number of amides is 1. The molecule has 132 valence electrons. The van der Waals surface area contributed by atoms with Crippen LogP contribution in [0.3, 0.4) is 0 Å². The van der Waals surface area contributed by atoms with Crippen LogP contribution in [0.15, 0.2) is 5.10 Å². The number of nitro groups is 1. The number of carbonyl (C=O) groups is 1. The number of rotatable bonds is 8. The first-order valence-electron chi connectivity index (χ1n) is 7.82. The van der Waals surface area contributed by atoms with Gasteiger partial charge in [0, 0.05) is 13.1 Å². The average molecular weight is 330 g/mol. The van der Waals surface area contributed by atoms with Crippen LogP contribution in [0.4, 0.5) is 0 Å². The number of nitrogens with one attached hydrogen (secondary N) is 2. The zero-order chi connectivity index (χ0) is 17.2. The topological polar surface area (TPSA) is 169 Å². The van der Waals surface area contributed by atoms with Crippen molar-refractivity contribution in [3.05, 3.63) is 10.1 Å². The third kappa shape index (κ3) is 8.31. The van der Waals surface area contributed by atoms with Gasteiger partial charge < -0.3 is 27.2 Å². The lowest BCUT2D eigenvalue weighted by molar-refractivity contribution is -0.485. The highest BCUT2D eigenvalue weighted by Gasteiger charge is 2.21. The minimum atomic E-state index is -0.883. The van der Waals surface area contributed by atoms with Gasteiger partial charge in [0.2, 0.25) is 5.91 Å². The molecule has 1 aliphatic carbocycles. The lowest BCUT2D eigenvalue weighted by atomic mass is 9.87. The second kappa shape index (κ2) is 9.95. The van der Waals surface area contributed by atoms with Crippen molar-refractivity contribution in [1.82, 2.24) is 10.6 Å². The van der Waals surface area contributed by atoms with E-state index in [4.69, 9.17) is 11.5 Å². The second-order valence-corrected chi connectivity index (χ2v) is 5.82. The standard InChI is InChI=1S/C13H26N6O4/c14-11(2-1-7-16-13(15)18-19(22)23)12(21)17-8-9-3-5-10(20)6-4-9/h9-11,20H,1-8,14H2,(H,17,21)(H3,15,16,18)/t9?,10?,11-/m1/s1. The van der Waals surface area contributed by atoms with Gasteiger partial charge in [-0.25, -0.2) is 10.1 Å². The van der Waals surface area contributed by atoms with E-state index >= 15 is 0 Å². The Morgan fingerprint density at radius 3 is 2.61 bits per heavy atom. The molecule has 0 aromatic heterocycles. The van der Waals surface area contributed by atoms with Gasteiger partial charge >= 0.3 is 0 Å². The number of hydrogen-bond acceptors (Lipinski definition) is 5. The van der Waals surface area contributed by atoms with Crippen LogP contribution in [-0.4, -0.2) is 47.2 Å². The smallest absolute Gasteiger partial charge is 0.266 e.